The van der Waals surface area contributed by atoms with Crippen LogP contribution < -0.4 is 5.32 Å². The summed E-state index contributed by atoms with van der Waals surface area (Å²) in [6, 6.07) is 13.4. The summed E-state index contributed by atoms with van der Waals surface area (Å²) in [6.07, 6.45) is 2.53. The lowest BCUT2D eigenvalue weighted by atomic mass is 10.1. The molecule has 2 aliphatic heterocycles. The molecule has 29 heavy (non-hydrogen) atoms. The minimum atomic E-state index is 0.0842. The van der Waals surface area contributed by atoms with E-state index in [1.54, 1.807) is 11.3 Å². The number of carbonyl (C=O) groups excluding carboxylic acids is 1. The molecular weight excluding hydrogens is 380 g/mol. The number of carbonyl (C=O) groups is 1. The second-order valence-electron chi connectivity index (χ2n) is 8.21. The zero-order valence-electron chi connectivity index (χ0n) is 17.3. The molecule has 0 aliphatic carbocycles. The minimum absolute atomic E-state index is 0.0842. The molecule has 6 heteroatoms. The highest BCUT2D eigenvalue weighted by molar-refractivity contribution is 7.10. The van der Waals surface area contributed by atoms with Crippen LogP contribution in [0.2, 0.25) is 0 Å². The van der Waals surface area contributed by atoms with Crippen LogP contribution in [-0.2, 0) is 6.54 Å². The number of rotatable bonds is 6. The van der Waals surface area contributed by atoms with E-state index in [1.807, 2.05) is 4.90 Å². The molecule has 0 saturated carbocycles. The molecule has 0 bridgehead atoms. The third kappa shape index (κ3) is 5.38. The Labute approximate surface area is 178 Å². The molecule has 2 amide bonds. The van der Waals surface area contributed by atoms with Crippen LogP contribution in [0.1, 0.15) is 34.9 Å². The maximum atomic E-state index is 12.8. The van der Waals surface area contributed by atoms with Gasteiger partial charge in [-0.1, -0.05) is 35.9 Å². The van der Waals surface area contributed by atoms with Gasteiger partial charge in [0, 0.05) is 44.1 Å². The average molecular weight is 413 g/mol. The topological polar surface area (TPSA) is 38.8 Å². The van der Waals surface area contributed by atoms with Crippen molar-refractivity contribution in [2.75, 3.05) is 45.8 Å². The Morgan fingerprint density at radius 2 is 1.86 bits per heavy atom. The molecule has 2 aromatic rings. The molecule has 1 unspecified atom stereocenters. The fourth-order valence-corrected chi connectivity index (χ4v) is 5.28. The van der Waals surface area contributed by atoms with Crippen molar-refractivity contribution in [1.29, 1.82) is 0 Å². The summed E-state index contributed by atoms with van der Waals surface area (Å²) in [6.45, 7) is 9.53. The average Bonchev–Trinajstić information content (AvgIpc) is 3.43. The standard InChI is InChI=1S/C23H32N4OS/c1-19-6-4-7-20(16-19)18-25-11-13-27(14-12-25)23(28)24-17-21(22-8-5-15-29-22)26-9-2-3-10-26/h4-8,15-16,21H,2-3,9-14,17-18H2,1H3,(H,24,28). The highest BCUT2D eigenvalue weighted by atomic mass is 32.1. The predicted octanol–water partition coefficient (Wildman–Crippen LogP) is 3.72. The van der Waals surface area contributed by atoms with E-state index in [4.69, 9.17) is 0 Å². The Kier molecular flexibility index (Phi) is 6.85. The van der Waals surface area contributed by atoms with E-state index in [-0.39, 0.29) is 6.03 Å². The molecule has 1 aromatic carbocycles. The fourth-order valence-electron chi connectivity index (χ4n) is 4.42. The Bertz CT molecular complexity index is 780. The predicted molar refractivity (Wildman–Crippen MR) is 119 cm³/mol. The van der Waals surface area contributed by atoms with Crippen LogP contribution in [0.15, 0.2) is 41.8 Å². The highest BCUT2D eigenvalue weighted by Crippen LogP contribution is 2.27. The molecule has 2 fully saturated rings. The second kappa shape index (κ2) is 9.74. The van der Waals surface area contributed by atoms with Crippen LogP contribution >= 0.6 is 11.3 Å². The molecule has 1 N–H and O–H groups in total. The summed E-state index contributed by atoms with van der Waals surface area (Å²) in [5.74, 6) is 0. The number of piperazine rings is 1. The van der Waals surface area contributed by atoms with Crippen molar-refractivity contribution in [2.24, 2.45) is 0 Å². The van der Waals surface area contributed by atoms with Crippen molar-refractivity contribution in [2.45, 2.75) is 32.4 Å². The number of hydrogen-bond acceptors (Lipinski definition) is 4. The van der Waals surface area contributed by atoms with Crippen molar-refractivity contribution in [3.8, 4) is 0 Å². The summed E-state index contributed by atoms with van der Waals surface area (Å²) in [4.78, 5) is 21.1. The Morgan fingerprint density at radius 1 is 1.07 bits per heavy atom. The molecule has 0 radical (unpaired) electrons. The van der Waals surface area contributed by atoms with Gasteiger partial charge < -0.3 is 10.2 Å². The Balaban J connectivity index is 1.26. The van der Waals surface area contributed by atoms with Crippen molar-refractivity contribution >= 4 is 17.4 Å². The van der Waals surface area contributed by atoms with Gasteiger partial charge in [-0.3, -0.25) is 9.80 Å². The largest absolute Gasteiger partial charge is 0.336 e. The maximum absolute atomic E-state index is 12.8. The molecule has 3 heterocycles. The van der Waals surface area contributed by atoms with E-state index >= 15 is 0 Å². The SMILES string of the molecule is Cc1cccc(CN2CCN(C(=O)NCC(c3cccs3)N3CCCC3)CC2)c1. The van der Waals surface area contributed by atoms with Gasteiger partial charge in [0.25, 0.3) is 0 Å². The van der Waals surface area contributed by atoms with E-state index in [2.05, 4.69) is 63.8 Å². The molecular formula is C23H32N4OS. The van der Waals surface area contributed by atoms with Gasteiger partial charge in [0.05, 0.1) is 6.04 Å². The number of nitrogens with zero attached hydrogens (tertiary/aromatic N) is 3. The zero-order valence-corrected chi connectivity index (χ0v) is 18.2. The fraction of sp³-hybridized carbons (Fsp3) is 0.522. The third-order valence-corrected chi connectivity index (χ3v) is 7.02. The first-order chi connectivity index (χ1) is 14.2. The highest BCUT2D eigenvalue weighted by Gasteiger charge is 2.26. The number of thiophene rings is 1. The van der Waals surface area contributed by atoms with Crippen molar-refractivity contribution in [1.82, 2.24) is 20.0 Å². The van der Waals surface area contributed by atoms with Crippen molar-refractivity contribution in [3.63, 3.8) is 0 Å². The molecule has 0 spiro atoms. The zero-order chi connectivity index (χ0) is 20.1. The summed E-state index contributed by atoms with van der Waals surface area (Å²) in [7, 11) is 0. The van der Waals surface area contributed by atoms with Gasteiger partial charge in [0.15, 0.2) is 0 Å². The maximum Gasteiger partial charge on any atom is 0.317 e. The number of nitrogens with one attached hydrogen (secondary N) is 1. The molecule has 2 saturated heterocycles. The summed E-state index contributed by atoms with van der Waals surface area (Å²) in [5, 5.41) is 5.36. The quantitative estimate of drug-likeness (QED) is 0.786. The number of likely N-dealkylation sites (tertiary alicyclic amines) is 1. The normalized spacial score (nSPS) is 19.4. The van der Waals surface area contributed by atoms with Gasteiger partial charge in [-0.05, 0) is 49.9 Å². The first kappa shape index (κ1) is 20.4. The lowest BCUT2D eigenvalue weighted by Crippen LogP contribution is -2.52. The number of urea groups is 1. The van der Waals surface area contributed by atoms with Gasteiger partial charge in [-0.25, -0.2) is 4.79 Å². The van der Waals surface area contributed by atoms with Crippen LogP contribution in [0.3, 0.4) is 0 Å². The second-order valence-corrected chi connectivity index (χ2v) is 9.19. The van der Waals surface area contributed by atoms with Crippen LogP contribution in [0.4, 0.5) is 4.79 Å². The van der Waals surface area contributed by atoms with E-state index < -0.39 is 0 Å². The Hall–Kier alpha value is -1.89. The summed E-state index contributed by atoms with van der Waals surface area (Å²) >= 11 is 1.79. The molecule has 2 aliphatic rings. The van der Waals surface area contributed by atoms with Crippen molar-refractivity contribution < 1.29 is 4.79 Å². The number of amides is 2. The van der Waals surface area contributed by atoms with Gasteiger partial charge in [0.1, 0.15) is 0 Å². The smallest absolute Gasteiger partial charge is 0.317 e. The van der Waals surface area contributed by atoms with Crippen LogP contribution in [-0.4, -0.2) is 66.5 Å². The lowest BCUT2D eigenvalue weighted by Gasteiger charge is -2.35. The first-order valence-corrected chi connectivity index (χ1v) is 11.6. The summed E-state index contributed by atoms with van der Waals surface area (Å²) < 4.78 is 0. The van der Waals surface area contributed by atoms with Crippen LogP contribution in [0.25, 0.3) is 0 Å². The Morgan fingerprint density at radius 3 is 2.55 bits per heavy atom. The number of hydrogen-bond donors (Lipinski definition) is 1. The number of benzene rings is 1. The molecule has 1 atom stereocenters. The first-order valence-electron chi connectivity index (χ1n) is 10.8. The van der Waals surface area contributed by atoms with E-state index in [0.29, 0.717) is 12.6 Å². The van der Waals surface area contributed by atoms with Crippen LogP contribution in [0.5, 0.6) is 0 Å². The monoisotopic (exact) mass is 412 g/mol. The van der Waals surface area contributed by atoms with E-state index in [1.165, 1.54) is 28.8 Å². The lowest BCUT2D eigenvalue weighted by molar-refractivity contribution is 0.133. The van der Waals surface area contributed by atoms with Gasteiger partial charge in [-0.15, -0.1) is 11.3 Å². The van der Waals surface area contributed by atoms with Crippen LogP contribution in [0, 0.1) is 6.92 Å². The summed E-state index contributed by atoms with van der Waals surface area (Å²) in [5.41, 5.74) is 2.66. The van der Waals surface area contributed by atoms with E-state index in [9.17, 15) is 4.79 Å². The third-order valence-electron chi connectivity index (χ3n) is 6.05. The molecule has 1 aromatic heterocycles. The van der Waals surface area contributed by atoms with Crippen molar-refractivity contribution in [3.05, 3.63) is 57.8 Å². The molecule has 5 nitrogen and oxygen atoms in total. The van der Waals surface area contributed by atoms with Gasteiger partial charge in [0.2, 0.25) is 0 Å². The number of aryl methyl sites for hydroxylation is 1. The van der Waals surface area contributed by atoms with E-state index in [0.717, 1.165) is 45.8 Å². The molecule has 4 rings (SSSR count). The molecule has 156 valence electrons. The van der Waals surface area contributed by atoms with Gasteiger partial charge >= 0.3 is 6.03 Å². The minimum Gasteiger partial charge on any atom is -0.336 e. The van der Waals surface area contributed by atoms with Gasteiger partial charge in [-0.2, -0.15) is 0 Å².